The van der Waals surface area contributed by atoms with Crippen molar-refractivity contribution in [1.82, 2.24) is 4.98 Å². The number of pyridine rings is 1. The van der Waals surface area contributed by atoms with Crippen LogP contribution in [0.25, 0.3) is 0 Å². The third kappa shape index (κ3) is 8.38. The van der Waals surface area contributed by atoms with E-state index < -0.39 is 34.0 Å². The van der Waals surface area contributed by atoms with E-state index in [2.05, 4.69) is 9.71 Å². The monoisotopic (exact) mass is 521 g/mol. The zero-order chi connectivity index (χ0) is 26.2. The molecule has 3 rings (SSSR count). The average molecular weight is 521 g/mol. The summed E-state index contributed by atoms with van der Waals surface area (Å²) in [5.41, 5.74) is -0.0163. The van der Waals surface area contributed by atoms with Crippen molar-refractivity contribution >= 4 is 33.5 Å². The summed E-state index contributed by atoms with van der Waals surface area (Å²) in [5.74, 6) is -4.10. The van der Waals surface area contributed by atoms with Crippen LogP contribution in [-0.2, 0) is 14.8 Å². The first-order chi connectivity index (χ1) is 16.3. The highest BCUT2D eigenvalue weighted by molar-refractivity contribution is 7.92. The fraction of sp³-hybridized carbons (Fsp3) is 0.381. The van der Waals surface area contributed by atoms with Crippen LogP contribution in [0.5, 0.6) is 0 Å². The lowest BCUT2D eigenvalue weighted by molar-refractivity contribution is -0.192. The number of aliphatic carboxylic acids is 1. The van der Waals surface area contributed by atoms with Gasteiger partial charge in [-0.25, -0.2) is 27.4 Å². The van der Waals surface area contributed by atoms with Crippen molar-refractivity contribution in [3.8, 4) is 0 Å². The van der Waals surface area contributed by atoms with Crippen LogP contribution in [0.3, 0.4) is 0 Å². The lowest BCUT2D eigenvalue weighted by atomic mass is 10.1. The van der Waals surface area contributed by atoms with Crippen LogP contribution in [0.15, 0.2) is 41.4 Å². The summed E-state index contributed by atoms with van der Waals surface area (Å²) < 4.78 is 72.7. The van der Waals surface area contributed by atoms with Gasteiger partial charge in [0.25, 0.3) is 10.0 Å². The summed E-state index contributed by atoms with van der Waals surface area (Å²) in [6, 6.07) is 5.69. The molecule has 0 spiro atoms. The van der Waals surface area contributed by atoms with Gasteiger partial charge < -0.3 is 15.1 Å². The quantitative estimate of drug-likeness (QED) is 0.500. The van der Waals surface area contributed by atoms with Crippen LogP contribution < -0.4 is 9.62 Å². The Morgan fingerprint density at radius 1 is 0.971 bits per heavy atom. The number of benzene rings is 1. The minimum atomic E-state index is -5.08. The number of carboxylic acid groups (broad SMARTS) is 2. The molecule has 1 aliphatic rings. The van der Waals surface area contributed by atoms with Crippen molar-refractivity contribution in [2.75, 3.05) is 22.7 Å². The van der Waals surface area contributed by atoms with Gasteiger partial charge in [-0.1, -0.05) is 19.3 Å². The molecular weight excluding hydrogens is 498 g/mol. The molecule has 1 saturated heterocycles. The summed E-state index contributed by atoms with van der Waals surface area (Å²) in [7, 11) is -4.03. The number of anilines is 2. The Morgan fingerprint density at radius 2 is 1.49 bits per heavy atom. The Hall–Kier alpha value is -3.42. The lowest BCUT2D eigenvalue weighted by Crippen LogP contribution is -2.29. The first kappa shape index (κ1) is 27.8. The molecule has 0 radical (unpaired) electrons. The first-order valence-corrected chi connectivity index (χ1v) is 11.9. The molecule has 0 bridgehead atoms. The van der Waals surface area contributed by atoms with Crippen LogP contribution in [0.4, 0.5) is 29.1 Å². The molecule has 0 aliphatic carbocycles. The fourth-order valence-corrected chi connectivity index (χ4v) is 4.23. The minimum Gasteiger partial charge on any atom is -0.478 e. The fourth-order valence-electron chi connectivity index (χ4n) is 3.18. The van der Waals surface area contributed by atoms with Gasteiger partial charge in [-0.3, -0.25) is 4.72 Å². The smallest absolute Gasteiger partial charge is 0.478 e. The second kappa shape index (κ2) is 11.8. The molecule has 0 unspecified atom stereocenters. The maximum Gasteiger partial charge on any atom is 0.490 e. The Bertz CT molecular complexity index is 1130. The van der Waals surface area contributed by atoms with Crippen LogP contribution >= 0.6 is 0 Å². The van der Waals surface area contributed by atoms with Gasteiger partial charge in [0.2, 0.25) is 0 Å². The van der Waals surface area contributed by atoms with Gasteiger partial charge in [0, 0.05) is 19.3 Å². The summed E-state index contributed by atoms with van der Waals surface area (Å²) in [5, 5.41) is 16.4. The molecule has 3 N–H and O–H groups in total. The zero-order valence-electron chi connectivity index (χ0n) is 18.3. The van der Waals surface area contributed by atoms with E-state index >= 15 is 0 Å². The first-order valence-electron chi connectivity index (χ1n) is 10.4. The summed E-state index contributed by atoms with van der Waals surface area (Å²) >= 11 is 0. The number of hydrogen-bond acceptors (Lipinski definition) is 6. The van der Waals surface area contributed by atoms with Crippen LogP contribution in [-0.4, -0.2) is 54.8 Å². The highest BCUT2D eigenvalue weighted by Crippen LogP contribution is 2.29. The number of aromatic carboxylic acids is 1. The van der Waals surface area contributed by atoms with E-state index in [1.54, 1.807) is 0 Å². The van der Waals surface area contributed by atoms with Crippen LogP contribution in [0.1, 0.15) is 42.5 Å². The predicted molar refractivity (Wildman–Crippen MR) is 117 cm³/mol. The molecule has 0 atom stereocenters. The largest absolute Gasteiger partial charge is 0.490 e. The van der Waals surface area contributed by atoms with E-state index in [0.717, 1.165) is 49.9 Å². The van der Waals surface area contributed by atoms with E-state index in [1.807, 2.05) is 4.90 Å². The molecule has 1 fully saturated rings. The predicted octanol–water partition coefficient (Wildman–Crippen LogP) is 4.12. The Balaban J connectivity index is 0.000000540. The van der Waals surface area contributed by atoms with Crippen molar-refractivity contribution < 1.29 is 45.8 Å². The maximum atomic E-state index is 13.1. The number of alkyl halides is 3. The zero-order valence-corrected chi connectivity index (χ0v) is 19.1. The van der Waals surface area contributed by atoms with E-state index in [9.17, 15) is 35.9 Å². The number of halogens is 4. The highest BCUT2D eigenvalue weighted by Gasteiger charge is 2.38. The molecule has 0 amide bonds. The number of nitrogens with one attached hydrogen (secondary N) is 1. The molecule has 0 saturated carbocycles. The Kier molecular flexibility index (Phi) is 9.40. The van der Waals surface area contributed by atoms with E-state index in [0.29, 0.717) is 18.9 Å². The topological polar surface area (TPSA) is 137 Å². The van der Waals surface area contributed by atoms with E-state index in [-0.39, 0.29) is 16.1 Å². The molecule has 1 aromatic carbocycles. The standard InChI is InChI=1S/C19H22FN3O4S.C2HF3O2/c20-15-6-8-16(9-7-15)28(26,27)22-17-12-14(19(24)25)13-21-18(17)23-10-4-2-1-3-5-11-23;3-2(4,5)1(6)7/h6-9,12-13,22H,1-5,10-11H2,(H,24,25);(H,6,7). The van der Waals surface area contributed by atoms with Gasteiger partial charge in [-0.05, 0) is 43.2 Å². The van der Waals surface area contributed by atoms with E-state index in [4.69, 9.17) is 9.90 Å². The average Bonchev–Trinajstić information content (AvgIpc) is 2.74. The third-order valence-corrected chi connectivity index (χ3v) is 6.26. The third-order valence-electron chi connectivity index (χ3n) is 4.88. The molecule has 2 heterocycles. The van der Waals surface area contributed by atoms with Crippen molar-refractivity contribution in [1.29, 1.82) is 0 Å². The van der Waals surface area contributed by atoms with Gasteiger partial charge in [0.1, 0.15) is 5.82 Å². The molecule has 1 aliphatic heterocycles. The van der Waals surface area contributed by atoms with Gasteiger partial charge in [-0.2, -0.15) is 13.2 Å². The maximum absolute atomic E-state index is 13.1. The molecule has 35 heavy (non-hydrogen) atoms. The van der Waals surface area contributed by atoms with Gasteiger partial charge >= 0.3 is 18.1 Å². The summed E-state index contributed by atoms with van der Waals surface area (Å²) in [6.07, 6.45) is 1.38. The van der Waals surface area contributed by atoms with Crippen molar-refractivity contribution in [3.63, 3.8) is 0 Å². The summed E-state index contributed by atoms with van der Waals surface area (Å²) in [4.78, 5) is 26.3. The number of nitrogens with zero attached hydrogens (tertiary/aromatic N) is 2. The van der Waals surface area contributed by atoms with Crippen molar-refractivity contribution in [2.45, 2.75) is 43.2 Å². The van der Waals surface area contributed by atoms with Gasteiger partial charge in [-0.15, -0.1) is 0 Å². The lowest BCUT2D eigenvalue weighted by Gasteiger charge is -2.28. The second-order valence-corrected chi connectivity index (χ2v) is 9.20. The summed E-state index contributed by atoms with van der Waals surface area (Å²) in [6.45, 7) is 1.43. The Labute approximate surface area is 198 Å². The van der Waals surface area contributed by atoms with E-state index in [1.165, 1.54) is 18.7 Å². The number of sulfonamides is 1. The number of rotatable bonds is 5. The van der Waals surface area contributed by atoms with Crippen molar-refractivity contribution in [2.24, 2.45) is 0 Å². The second-order valence-electron chi connectivity index (χ2n) is 7.52. The van der Waals surface area contributed by atoms with Crippen molar-refractivity contribution in [3.05, 3.63) is 47.9 Å². The highest BCUT2D eigenvalue weighted by atomic mass is 32.2. The SMILES string of the molecule is O=C(O)C(F)(F)F.O=C(O)c1cnc(N2CCCCCCC2)c(NS(=O)(=O)c2ccc(F)cc2)c1. The van der Waals surface area contributed by atoms with Crippen LogP contribution in [0, 0.1) is 5.82 Å². The number of carbonyl (C=O) groups is 2. The Morgan fingerprint density at radius 3 is 1.97 bits per heavy atom. The normalized spacial score (nSPS) is 14.7. The minimum absolute atomic E-state index is 0.102. The molecule has 1 aromatic heterocycles. The van der Waals surface area contributed by atoms with Gasteiger partial charge in [0.15, 0.2) is 5.82 Å². The molecular formula is C21H23F4N3O6S. The molecule has 9 nitrogen and oxygen atoms in total. The molecule has 192 valence electrons. The molecule has 14 heteroatoms. The number of hydrogen-bond donors (Lipinski definition) is 3. The van der Waals surface area contributed by atoms with Crippen LogP contribution in [0.2, 0.25) is 0 Å². The molecule has 2 aromatic rings. The van der Waals surface area contributed by atoms with Gasteiger partial charge in [0.05, 0.1) is 16.1 Å². The number of aromatic nitrogens is 1. The number of carboxylic acids is 2.